The van der Waals surface area contributed by atoms with Gasteiger partial charge in [-0.05, 0) is 18.4 Å². The molecule has 2 fully saturated rings. The van der Waals surface area contributed by atoms with Crippen LogP contribution in [0.15, 0.2) is 30.3 Å². The molecule has 0 radical (unpaired) electrons. The zero-order valence-corrected chi connectivity index (χ0v) is 11.8. The fraction of sp³-hybridized carbons (Fsp3) is 0.500. The highest BCUT2D eigenvalue weighted by Crippen LogP contribution is 2.38. The van der Waals surface area contributed by atoms with Crippen molar-refractivity contribution in [3.05, 3.63) is 35.9 Å². The lowest BCUT2D eigenvalue weighted by Crippen LogP contribution is -2.36. The van der Waals surface area contributed by atoms with E-state index < -0.39 is 11.9 Å². The molecule has 2 heterocycles. The van der Waals surface area contributed by atoms with Crippen LogP contribution in [0.4, 0.5) is 0 Å². The van der Waals surface area contributed by atoms with Gasteiger partial charge in [0.05, 0.1) is 18.1 Å². The van der Waals surface area contributed by atoms with Gasteiger partial charge in [0, 0.05) is 19.6 Å². The quantitative estimate of drug-likeness (QED) is 0.918. The van der Waals surface area contributed by atoms with Crippen LogP contribution >= 0.6 is 0 Å². The van der Waals surface area contributed by atoms with E-state index in [4.69, 9.17) is 4.74 Å². The Labute approximate surface area is 123 Å². The first-order valence-electron chi connectivity index (χ1n) is 7.35. The van der Waals surface area contributed by atoms with Crippen molar-refractivity contribution in [1.82, 2.24) is 4.90 Å². The van der Waals surface area contributed by atoms with Gasteiger partial charge in [-0.15, -0.1) is 0 Å². The predicted molar refractivity (Wildman–Crippen MR) is 75.6 cm³/mol. The number of carbonyl (C=O) groups is 2. The van der Waals surface area contributed by atoms with E-state index in [0.29, 0.717) is 6.54 Å². The maximum absolute atomic E-state index is 12.3. The van der Waals surface area contributed by atoms with E-state index in [1.165, 1.54) is 0 Å². The van der Waals surface area contributed by atoms with E-state index in [2.05, 4.69) is 0 Å². The van der Waals surface area contributed by atoms with Crippen molar-refractivity contribution in [1.29, 1.82) is 0 Å². The normalized spacial score (nSPS) is 29.0. The Kier molecular flexibility index (Phi) is 3.92. The second-order valence-electron chi connectivity index (χ2n) is 5.69. The molecule has 0 spiro atoms. The van der Waals surface area contributed by atoms with Gasteiger partial charge >= 0.3 is 5.97 Å². The molecule has 112 valence electrons. The number of amides is 1. The van der Waals surface area contributed by atoms with Crippen LogP contribution in [0.3, 0.4) is 0 Å². The van der Waals surface area contributed by atoms with Gasteiger partial charge in [-0.25, -0.2) is 0 Å². The number of rotatable bonds is 4. The molecule has 0 aromatic heterocycles. The lowest BCUT2D eigenvalue weighted by molar-refractivity contribution is -0.142. The van der Waals surface area contributed by atoms with Crippen LogP contribution in [0.25, 0.3) is 0 Å². The summed E-state index contributed by atoms with van der Waals surface area (Å²) in [6, 6.07) is 9.03. The Bertz CT molecular complexity index is 524. The maximum atomic E-state index is 12.3. The second-order valence-corrected chi connectivity index (χ2v) is 5.69. The van der Waals surface area contributed by atoms with Gasteiger partial charge in [-0.1, -0.05) is 30.3 Å². The van der Waals surface area contributed by atoms with E-state index in [-0.39, 0.29) is 24.5 Å². The number of carboxylic acids is 1. The summed E-state index contributed by atoms with van der Waals surface area (Å²) in [5, 5.41) is 9.43. The minimum atomic E-state index is -0.910. The van der Waals surface area contributed by atoms with E-state index in [1.807, 2.05) is 30.3 Å². The lowest BCUT2D eigenvalue weighted by Gasteiger charge is -2.29. The molecule has 1 aromatic rings. The van der Waals surface area contributed by atoms with Crippen molar-refractivity contribution >= 4 is 11.9 Å². The van der Waals surface area contributed by atoms with Gasteiger partial charge in [0.15, 0.2) is 0 Å². The van der Waals surface area contributed by atoms with E-state index >= 15 is 0 Å². The summed E-state index contributed by atoms with van der Waals surface area (Å²) in [5.41, 5.74) is 0.883. The van der Waals surface area contributed by atoms with Crippen molar-refractivity contribution in [2.75, 3.05) is 13.2 Å². The third kappa shape index (κ3) is 2.78. The summed E-state index contributed by atoms with van der Waals surface area (Å²) < 4.78 is 5.60. The number of aliphatic carboxylic acids is 1. The third-order valence-corrected chi connectivity index (χ3v) is 4.31. The highest BCUT2D eigenvalue weighted by atomic mass is 16.5. The SMILES string of the molecule is O=C(O)[C@@H]1CC(=O)N(C[C@H]2CCCO2)[C@@H]1c1ccccc1. The summed E-state index contributed by atoms with van der Waals surface area (Å²) in [6.07, 6.45) is 2.04. The number of hydrogen-bond acceptors (Lipinski definition) is 3. The number of carbonyl (C=O) groups excluding carboxylic acids is 1. The minimum Gasteiger partial charge on any atom is -0.481 e. The summed E-state index contributed by atoms with van der Waals surface area (Å²) in [5.74, 6) is -1.68. The molecule has 2 aliphatic rings. The first-order chi connectivity index (χ1) is 10.2. The molecule has 21 heavy (non-hydrogen) atoms. The fourth-order valence-corrected chi connectivity index (χ4v) is 3.30. The van der Waals surface area contributed by atoms with E-state index in [0.717, 1.165) is 25.0 Å². The summed E-state index contributed by atoms with van der Waals surface area (Å²) >= 11 is 0. The Morgan fingerprint density at radius 3 is 2.71 bits per heavy atom. The zero-order valence-electron chi connectivity index (χ0n) is 11.8. The van der Waals surface area contributed by atoms with Gasteiger partial charge in [-0.3, -0.25) is 9.59 Å². The predicted octanol–water partition coefficient (Wildman–Crippen LogP) is 1.84. The van der Waals surface area contributed by atoms with Gasteiger partial charge in [0.2, 0.25) is 5.91 Å². The van der Waals surface area contributed by atoms with E-state index in [1.54, 1.807) is 4.90 Å². The Balaban J connectivity index is 1.87. The molecule has 1 aromatic carbocycles. The first kappa shape index (κ1) is 14.1. The van der Waals surface area contributed by atoms with Crippen molar-refractivity contribution in [2.24, 2.45) is 5.92 Å². The largest absolute Gasteiger partial charge is 0.481 e. The number of benzene rings is 1. The molecule has 1 amide bonds. The Hall–Kier alpha value is -1.88. The monoisotopic (exact) mass is 289 g/mol. The van der Waals surface area contributed by atoms with Gasteiger partial charge in [0.1, 0.15) is 0 Å². The smallest absolute Gasteiger partial charge is 0.309 e. The fourth-order valence-electron chi connectivity index (χ4n) is 3.30. The summed E-state index contributed by atoms with van der Waals surface area (Å²) in [4.78, 5) is 25.5. The van der Waals surface area contributed by atoms with Crippen LogP contribution in [0.1, 0.15) is 30.9 Å². The van der Waals surface area contributed by atoms with Crippen molar-refractivity contribution in [3.63, 3.8) is 0 Å². The van der Waals surface area contributed by atoms with Crippen LogP contribution in [0, 0.1) is 5.92 Å². The highest BCUT2D eigenvalue weighted by molar-refractivity contribution is 5.87. The average Bonchev–Trinajstić information content (AvgIpc) is 3.09. The van der Waals surface area contributed by atoms with Crippen molar-refractivity contribution in [3.8, 4) is 0 Å². The molecule has 0 bridgehead atoms. The van der Waals surface area contributed by atoms with Gasteiger partial charge in [0.25, 0.3) is 0 Å². The molecular weight excluding hydrogens is 270 g/mol. The maximum Gasteiger partial charge on any atom is 0.309 e. The first-order valence-corrected chi connectivity index (χ1v) is 7.35. The molecule has 5 nitrogen and oxygen atoms in total. The zero-order chi connectivity index (χ0) is 14.8. The van der Waals surface area contributed by atoms with Gasteiger partial charge < -0.3 is 14.7 Å². The molecule has 1 N–H and O–H groups in total. The number of ether oxygens (including phenoxy) is 1. The molecule has 3 atom stereocenters. The van der Waals surface area contributed by atoms with Crippen molar-refractivity contribution < 1.29 is 19.4 Å². The average molecular weight is 289 g/mol. The van der Waals surface area contributed by atoms with Crippen LogP contribution in [-0.2, 0) is 14.3 Å². The summed E-state index contributed by atoms with van der Waals surface area (Å²) in [6.45, 7) is 1.22. The molecule has 3 rings (SSSR count). The van der Waals surface area contributed by atoms with Gasteiger partial charge in [-0.2, -0.15) is 0 Å². The Morgan fingerprint density at radius 1 is 1.33 bits per heavy atom. The van der Waals surface area contributed by atoms with Crippen LogP contribution < -0.4 is 0 Å². The number of carboxylic acid groups (broad SMARTS) is 1. The minimum absolute atomic E-state index is 0.0349. The Morgan fingerprint density at radius 2 is 2.10 bits per heavy atom. The van der Waals surface area contributed by atoms with Crippen molar-refractivity contribution in [2.45, 2.75) is 31.4 Å². The third-order valence-electron chi connectivity index (χ3n) is 4.31. The summed E-state index contributed by atoms with van der Waals surface area (Å²) in [7, 11) is 0. The van der Waals surface area contributed by atoms with Crippen LogP contribution in [0.5, 0.6) is 0 Å². The van der Waals surface area contributed by atoms with Crippen LogP contribution in [-0.4, -0.2) is 41.1 Å². The molecule has 2 aliphatic heterocycles. The number of nitrogens with zero attached hydrogens (tertiary/aromatic N) is 1. The number of likely N-dealkylation sites (tertiary alicyclic amines) is 1. The topological polar surface area (TPSA) is 66.8 Å². The molecule has 0 aliphatic carbocycles. The lowest BCUT2D eigenvalue weighted by atomic mass is 9.93. The molecule has 2 saturated heterocycles. The van der Waals surface area contributed by atoms with Crippen LogP contribution in [0.2, 0.25) is 0 Å². The molecule has 5 heteroatoms. The van der Waals surface area contributed by atoms with E-state index in [9.17, 15) is 14.7 Å². The number of hydrogen-bond donors (Lipinski definition) is 1. The second kappa shape index (κ2) is 5.85. The molecular formula is C16H19NO4. The highest BCUT2D eigenvalue weighted by Gasteiger charge is 2.45. The molecule has 0 saturated carbocycles. The standard InChI is InChI=1S/C16H19NO4/c18-14-9-13(16(19)20)15(11-5-2-1-3-6-11)17(14)10-12-7-4-8-21-12/h1-3,5-6,12-13,15H,4,7-10H2,(H,19,20)/t12-,13-,15-/m1/s1. The molecule has 0 unspecified atom stereocenters.